The molecule has 0 atom stereocenters. The van der Waals surface area contributed by atoms with Crippen LogP contribution in [0.5, 0.6) is 0 Å². The minimum Gasteiger partial charge on any atom is -0.272 e. The summed E-state index contributed by atoms with van der Waals surface area (Å²) in [6.07, 6.45) is 8.90. The minimum atomic E-state index is 0.652. The Bertz CT molecular complexity index is 1120. The largest absolute Gasteiger partial charge is 0.272 e. The Morgan fingerprint density at radius 1 is 0.562 bits per heavy atom. The van der Waals surface area contributed by atoms with Crippen LogP contribution in [0.2, 0.25) is 0 Å². The van der Waals surface area contributed by atoms with Crippen LogP contribution in [-0.2, 0) is 12.8 Å². The highest BCUT2D eigenvalue weighted by Crippen LogP contribution is 2.16. The summed E-state index contributed by atoms with van der Waals surface area (Å²) in [5, 5.41) is 14.7. The number of aromatic amines is 2. The lowest BCUT2D eigenvalue weighted by molar-refractivity contribution is 0.580. The third-order valence-corrected chi connectivity index (χ3v) is 6.11. The maximum atomic E-state index is 5.42. The Kier molecular flexibility index (Phi) is 7.79. The van der Waals surface area contributed by atoms with Crippen molar-refractivity contribution in [2.45, 2.75) is 51.4 Å². The van der Waals surface area contributed by atoms with E-state index in [4.69, 9.17) is 24.4 Å². The number of nitrogens with zero attached hydrogens (tertiary/aromatic N) is 4. The standard InChI is InChI=1S/C24H28N6S2/c31-23-27-25-21(29(23)19-13-7-5-8-14-19)17-11-3-1-2-4-12-18-22-26-28-24(32)30(22)20-15-9-6-10-16-20/h5-10,13-16H,1-4,11-12,17-18H2,(H,27,31)(H,28,32). The van der Waals surface area contributed by atoms with Gasteiger partial charge in [-0.25, -0.2) is 0 Å². The fraction of sp³-hybridized carbons (Fsp3) is 0.333. The quantitative estimate of drug-likeness (QED) is 0.202. The summed E-state index contributed by atoms with van der Waals surface area (Å²) in [5.41, 5.74) is 2.13. The number of H-pyrrole nitrogens is 2. The minimum absolute atomic E-state index is 0.652. The van der Waals surface area contributed by atoms with Crippen LogP contribution in [0, 0.1) is 9.54 Å². The van der Waals surface area contributed by atoms with Crippen molar-refractivity contribution in [1.82, 2.24) is 29.5 Å². The summed E-state index contributed by atoms with van der Waals surface area (Å²) in [6, 6.07) is 20.3. The van der Waals surface area contributed by atoms with Gasteiger partial charge in [-0.15, -0.1) is 0 Å². The Morgan fingerprint density at radius 2 is 0.938 bits per heavy atom. The third-order valence-electron chi connectivity index (χ3n) is 5.56. The SMILES string of the molecule is S=c1[nH]nc(CCCCCCCCc2n[nH]c(=S)n2-c2ccccc2)n1-c1ccccc1. The molecule has 0 saturated carbocycles. The van der Waals surface area contributed by atoms with Crippen LogP contribution in [0.15, 0.2) is 60.7 Å². The van der Waals surface area contributed by atoms with Crippen molar-refractivity contribution in [2.24, 2.45) is 0 Å². The topological polar surface area (TPSA) is 67.2 Å². The van der Waals surface area contributed by atoms with Gasteiger partial charge in [0, 0.05) is 24.2 Å². The zero-order valence-corrected chi connectivity index (χ0v) is 19.7. The van der Waals surface area contributed by atoms with Gasteiger partial charge >= 0.3 is 0 Å². The summed E-state index contributed by atoms with van der Waals surface area (Å²) in [6.45, 7) is 0. The molecule has 4 aromatic rings. The van der Waals surface area contributed by atoms with Crippen molar-refractivity contribution in [3.05, 3.63) is 81.9 Å². The molecule has 0 unspecified atom stereocenters. The van der Waals surface area contributed by atoms with E-state index < -0.39 is 0 Å². The molecule has 0 bridgehead atoms. The second kappa shape index (κ2) is 11.2. The monoisotopic (exact) mass is 464 g/mol. The van der Waals surface area contributed by atoms with Gasteiger partial charge in [-0.3, -0.25) is 19.3 Å². The third kappa shape index (κ3) is 5.49. The Hall–Kier alpha value is -2.84. The van der Waals surface area contributed by atoms with E-state index in [1.165, 1.54) is 25.7 Å². The lowest BCUT2D eigenvalue weighted by atomic mass is 10.1. The van der Waals surface area contributed by atoms with Crippen molar-refractivity contribution >= 4 is 24.4 Å². The number of aryl methyl sites for hydroxylation is 2. The van der Waals surface area contributed by atoms with E-state index in [2.05, 4.69) is 44.7 Å². The van der Waals surface area contributed by atoms with Crippen molar-refractivity contribution < 1.29 is 0 Å². The summed E-state index contributed by atoms with van der Waals surface area (Å²) in [7, 11) is 0. The van der Waals surface area contributed by atoms with Crippen LogP contribution in [0.1, 0.15) is 50.2 Å². The first-order chi connectivity index (χ1) is 15.7. The van der Waals surface area contributed by atoms with Gasteiger partial charge in [-0.1, -0.05) is 62.1 Å². The van der Waals surface area contributed by atoms with Crippen molar-refractivity contribution in [2.75, 3.05) is 0 Å². The predicted octanol–water partition coefficient (Wildman–Crippen LogP) is 6.30. The molecular formula is C24H28N6S2. The molecule has 2 aromatic heterocycles. The molecule has 2 N–H and O–H groups in total. The van der Waals surface area contributed by atoms with E-state index >= 15 is 0 Å². The molecule has 6 nitrogen and oxygen atoms in total. The summed E-state index contributed by atoms with van der Waals surface area (Å²) >= 11 is 10.8. The first-order valence-electron chi connectivity index (χ1n) is 11.2. The number of hydrogen-bond acceptors (Lipinski definition) is 4. The molecule has 0 saturated heterocycles. The van der Waals surface area contributed by atoms with Crippen molar-refractivity contribution in [3.63, 3.8) is 0 Å². The first-order valence-corrected chi connectivity index (χ1v) is 12.0. The number of benzene rings is 2. The van der Waals surface area contributed by atoms with E-state index in [1.807, 2.05) is 45.5 Å². The smallest absolute Gasteiger partial charge is 0.199 e. The molecule has 0 aliphatic carbocycles. The van der Waals surface area contributed by atoms with Gasteiger partial charge in [-0.05, 0) is 61.5 Å². The highest BCUT2D eigenvalue weighted by molar-refractivity contribution is 7.71. The van der Waals surface area contributed by atoms with Crippen LogP contribution < -0.4 is 0 Å². The fourth-order valence-corrected chi connectivity index (χ4v) is 4.47. The molecule has 166 valence electrons. The molecule has 2 heterocycles. The summed E-state index contributed by atoms with van der Waals surface area (Å²) in [5.74, 6) is 2.01. The van der Waals surface area contributed by atoms with Crippen LogP contribution in [0.3, 0.4) is 0 Å². The van der Waals surface area contributed by atoms with Gasteiger partial charge in [0.2, 0.25) is 0 Å². The van der Waals surface area contributed by atoms with Gasteiger partial charge in [-0.2, -0.15) is 10.2 Å². The van der Waals surface area contributed by atoms with Gasteiger partial charge < -0.3 is 0 Å². The second-order valence-corrected chi connectivity index (χ2v) is 8.63. The second-order valence-electron chi connectivity index (χ2n) is 7.85. The Labute approximate surface area is 198 Å². The van der Waals surface area contributed by atoms with Crippen molar-refractivity contribution in [3.8, 4) is 11.4 Å². The summed E-state index contributed by atoms with van der Waals surface area (Å²) < 4.78 is 5.38. The number of aromatic nitrogens is 6. The van der Waals surface area contributed by atoms with Crippen LogP contribution in [0.4, 0.5) is 0 Å². The van der Waals surface area contributed by atoms with E-state index in [1.54, 1.807) is 0 Å². The normalized spacial score (nSPS) is 11.1. The van der Waals surface area contributed by atoms with Crippen LogP contribution in [0.25, 0.3) is 11.4 Å². The Morgan fingerprint density at radius 3 is 1.34 bits per heavy atom. The van der Waals surface area contributed by atoms with Gasteiger partial charge in [0.25, 0.3) is 0 Å². The molecule has 0 fully saturated rings. The average molecular weight is 465 g/mol. The molecule has 0 aliphatic rings. The molecular weight excluding hydrogens is 436 g/mol. The highest BCUT2D eigenvalue weighted by atomic mass is 32.1. The number of para-hydroxylation sites is 2. The highest BCUT2D eigenvalue weighted by Gasteiger charge is 2.09. The van der Waals surface area contributed by atoms with E-state index in [0.717, 1.165) is 48.7 Å². The fourth-order valence-electron chi connectivity index (χ4n) is 3.95. The molecule has 0 spiro atoms. The zero-order valence-electron chi connectivity index (χ0n) is 18.0. The maximum Gasteiger partial charge on any atom is 0.199 e. The molecule has 8 heteroatoms. The molecule has 0 radical (unpaired) electrons. The summed E-state index contributed by atoms with van der Waals surface area (Å²) in [4.78, 5) is 0. The average Bonchev–Trinajstić information content (AvgIpc) is 3.38. The van der Waals surface area contributed by atoms with Crippen LogP contribution in [-0.4, -0.2) is 29.5 Å². The van der Waals surface area contributed by atoms with Crippen LogP contribution >= 0.6 is 24.4 Å². The van der Waals surface area contributed by atoms with Gasteiger partial charge in [0.05, 0.1) is 0 Å². The number of hydrogen-bond donors (Lipinski definition) is 2. The number of nitrogens with one attached hydrogen (secondary N) is 2. The lowest BCUT2D eigenvalue weighted by Crippen LogP contribution is -2.02. The maximum absolute atomic E-state index is 5.42. The number of rotatable bonds is 11. The molecule has 0 aliphatic heterocycles. The van der Waals surface area contributed by atoms with Gasteiger partial charge in [0.1, 0.15) is 11.6 Å². The van der Waals surface area contributed by atoms with E-state index in [0.29, 0.717) is 9.54 Å². The lowest BCUT2D eigenvalue weighted by Gasteiger charge is -2.07. The first kappa shape index (κ1) is 22.4. The van der Waals surface area contributed by atoms with E-state index in [9.17, 15) is 0 Å². The molecule has 4 rings (SSSR count). The Balaban J connectivity index is 1.19. The predicted molar refractivity (Wildman–Crippen MR) is 133 cm³/mol. The van der Waals surface area contributed by atoms with Gasteiger partial charge in [0.15, 0.2) is 9.54 Å². The molecule has 32 heavy (non-hydrogen) atoms. The van der Waals surface area contributed by atoms with E-state index in [-0.39, 0.29) is 0 Å². The van der Waals surface area contributed by atoms with Crippen molar-refractivity contribution in [1.29, 1.82) is 0 Å². The molecule has 0 amide bonds. The number of unbranched alkanes of at least 4 members (excludes halogenated alkanes) is 5. The molecule has 2 aromatic carbocycles. The zero-order chi connectivity index (χ0) is 22.2.